The highest BCUT2D eigenvalue weighted by Crippen LogP contribution is 2.58. The van der Waals surface area contributed by atoms with Gasteiger partial charge in [-0.05, 0) is 81.2 Å². The van der Waals surface area contributed by atoms with Gasteiger partial charge in [0.05, 0.1) is 6.54 Å². The Morgan fingerprint density at radius 2 is 2.06 bits per heavy atom. The van der Waals surface area contributed by atoms with E-state index in [4.69, 9.17) is 5.73 Å². The maximum atomic E-state index is 6.43. The summed E-state index contributed by atoms with van der Waals surface area (Å²) in [6.07, 6.45) is 13.5. The zero-order valence-corrected chi connectivity index (χ0v) is 20.9. The maximum Gasteiger partial charge on any atom is 0.147 e. The second-order valence-electron chi connectivity index (χ2n) is 12.0. The topological polar surface area (TPSA) is 57.8 Å². The molecule has 31 heavy (non-hydrogen) atoms. The molecule has 2 aliphatic heterocycles. The van der Waals surface area contributed by atoms with Crippen LogP contribution in [0, 0.1) is 22.7 Å². The van der Waals surface area contributed by atoms with E-state index in [1.807, 2.05) is 0 Å². The van der Waals surface area contributed by atoms with Crippen molar-refractivity contribution in [2.45, 2.75) is 91.5 Å². The first-order valence-corrected chi connectivity index (χ1v) is 12.8. The smallest absolute Gasteiger partial charge is 0.147 e. The van der Waals surface area contributed by atoms with Gasteiger partial charge in [-0.25, -0.2) is 4.90 Å². The standard InChI is InChI=1S/C26H47N5/c1-18(12-15-31-17-30(6)24-22(31)23(27)28-16-29-24)11-14-26(5)19(2)9-10-20-21(26)8-7-13-25(20,3)4/h8,12,19-20,22-24,28-29H,7,9-11,13-17,27H2,1-6H3/p+1/t19-,20+,22?,23?,24?,26+/m0/s1. The molecule has 4 unspecified atom stereocenters. The Morgan fingerprint density at radius 3 is 2.84 bits per heavy atom. The van der Waals surface area contributed by atoms with Gasteiger partial charge in [-0.15, -0.1) is 0 Å². The fourth-order valence-electron chi connectivity index (χ4n) is 7.15. The highest BCUT2D eigenvalue weighted by molar-refractivity contribution is 5.26. The van der Waals surface area contributed by atoms with Crippen LogP contribution in [0.1, 0.15) is 73.1 Å². The fourth-order valence-corrected chi connectivity index (χ4v) is 7.15. The Bertz CT molecular complexity index is 713. The van der Waals surface area contributed by atoms with Crippen LogP contribution in [0.5, 0.6) is 0 Å². The Balaban J connectivity index is 1.40. The van der Waals surface area contributed by atoms with Crippen molar-refractivity contribution in [1.29, 1.82) is 0 Å². The van der Waals surface area contributed by atoms with Gasteiger partial charge in [-0.2, -0.15) is 0 Å². The van der Waals surface area contributed by atoms with Crippen LogP contribution in [-0.4, -0.2) is 50.2 Å². The summed E-state index contributed by atoms with van der Waals surface area (Å²) >= 11 is 0. The van der Waals surface area contributed by atoms with Crippen LogP contribution >= 0.6 is 0 Å². The number of quaternary nitrogens is 1. The van der Waals surface area contributed by atoms with E-state index in [0.717, 1.165) is 31.7 Å². The van der Waals surface area contributed by atoms with Crippen LogP contribution in [0.3, 0.4) is 0 Å². The van der Waals surface area contributed by atoms with E-state index in [9.17, 15) is 0 Å². The number of nitrogens with zero attached hydrogens (tertiary/aromatic N) is 1. The zero-order valence-electron chi connectivity index (χ0n) is 20.9. The monoisotopic (exact) mass is 430 g/mol. The molecule has 5 heteroatoms. The molecule has 3 fully saturated rings. The lowest BCUT2D eigenvalue weighted by Gasteiger charge is -2.53. The molecule has 4 rings (SSSR count). The van der Waals surface area contributed by atoms with Gasteiger partial charge in [0.1, 0.15) is 25.0 Å². The number of nitrogens with one attached hydrogen (secondary N) is 3. The largest absolute Gasteiger partial charge is 0.312 e. The Labute approximate surface area is 190 Å². The minimum Gasteiger partial charge on any atom is -0.312 e. The highest BCUT2D eigenvalue weighted by Gasteiger charge is 2.48. The summed E-state index contributed by atoms with van der Waals surface area (Å²) in [7, 11) is 2.22. The highest BCUT2D eigenvalue weighted by atomic mass is 15.5. The number of likely N-dealkylation sites (N-methyl/N-ethyl adjacent to an activating group) is 1. The number of rotatable bonds is 5. The lowest BCUT2D eigenvalue weighted by atomic mass is 9.52. The molecule has 176 valence electrons. The number of hydrogen-bond acceptors (Lipinski definition) is 4. The van der Waals surface area contributed by atoms with Gasteiger partial charge in [0.25, 0.3) is 0 Å². The average molecular weight is 431 g/mol. The zero-order chi connectivity index (χ0) is 22.4. The van der Waals surface area contributed by atoms with Crippen molar-refractivity contribution in [3.05, 3.63) is 23.3 Å². The molecule has 4 aliphatic rings. The molecule has 1 saturated carbocycles. The van der Waals surface area contributed by atoms with E-state index in [0.29, 0.717) is 23.0 Å². The van der Waals surface area contributed by atoms with Crippen molar-refractivity contribution in [2.24, 2.45) is 28.4 Å². The normalized spacial score (nSPS) is 43.3. The van der Waals surface area contributed by atoms with Gasteiger partial charge in [0.15, 0.2) is 0 Å². The number of nitrogens with two attached hydrogens (primary N) is 1. The molecular formula is C26H48N5+. The predicted octanol–water partition coefficient (Wildman–Crippen LogP) is 2.43. The summed E-state index contributed by atoms with van der Waals surface area (Å²) in [5, 5.41) is 6.97. The van der Waals surface area contributed by atoms with Crippen LogP contribution in [0.25, 0.3) is 0 Å². The van der Waals surface area contributed by atoms with Crippen molar-refractivity contribution < 1.29 is 4.90 Å². The lowest BCUT2D eigenvalue weighted by molar-refractivity contribution is -0.913. The van der Waals surface area contributed by atoms with Gasteiger partial charge in [-0.1, -0.05) is 44.9 Å². The van der Waals surface area contributed by atoms with Gasteiger partial charge in [0.2, 0.25) is 0 Å². The summed E-state index contributed by atoms with van der Waals surface area (Å²) in [5.41, 5.74) is 10.6. The first-order chi connectivity index (χ1) is 14.6. The summed E-state index contributed by atoms with van der Waals surface area (Å²) in [6.45, 7) is 15.4. The summed E-state index contributed by atoms with van der Waals surface area (Å²) in [6, 6.07) is 0.411. The van der Waals surface area contributed by atoms with Crippen LogP contribution in [-0.2, 0) is 0 Å². The first kappa shape index (κ1) is 23.4. The Hall–Kier alpha value is -0.720. The van der Waals surface area contributed by atoms with E-state index in [1.165, 1.54) is 38.5 Å². The third-order valence-corrected chi connectivity index (χ3v) is 9.63. The van der Waals surface area contributed by atoms with Gasteiger partial charge in [0, 0.05) is 6.67 Å². The third kappa shape index (κ3) is 4.41. The molecule has 0 spiro atoms. The molecule has 2 aliphatic carbocycles. The van der Waals surface area contributed by atoms with Crippen LogP contribution in [0.2, 0.25) is 0 Å². The number of fused-ring (bicyclic) bond motifs is 2. The van der Waals surface area contributed by atoms with E-state index in [2.05, 4.69) is 69.4 Å². The van der Waals surface area contributed by atoms with Crippen molar-refractivity contribution in [3.8, 4) is 0 Å². The van der Waals surface area contributed by atoms with Gasteiger partial charge < -0.3 is 10.6 Å². The molecule has 7 atom stereocenters. The van der Waals surface area contributed by atoms with Crippen LogP contribution in [0.4, 0.5) is 0 Å². The van der Waals surface area contributed by atoms with Gasteiger partial charge in [-0.3, -0.25) is 10.6 Å². The van der Waals surface area contributed by atoms with Crippen LogP contribution in [0.15, 0.2) is 23.3 Å². The summed E-state index contributed by atoms with van der Waals surface area (Å²) < 4.78 is 0. The predicted molar refractivity (Wildman–Crippen MR) is 129 cm³/mol. The Kier molecular flexibility index (Phi) is 6.73. The van der Waals surface area contributed by atoms with E-state index < -0.39 is 0 Å². The molecule has 0 aromatic heterocycles. The molecule has 0 aromatic rings. The minimum absolute atomic E-state index is 0.0698. The first-order valence-electron chi connectivity index (χ1n) is 12.8. The maximum absolute atomic E-state index is 6.43. The van der Waals surface area contributed by atoms with Crippen molar-refractivity contribution in [1.82, 2.24) is 15.5 Å². The van der Waals surface area contributed by atoms with Crippen molar-refractivity contribution in [3.63, 3.8) is 0 Å². The van der Waals surface area contributed by atoms with Gasteiger partial charge >= 0.3 is 0 Å². The fraction of sp³-hybridized carbons (Fsp3) is 0.846. The van der Waals surface area contributed by atoms with E-state index in [-0.39, 0.29) is 6.17 Å². The SMILES string of the molecule is CC(=CC[NH+]1CN(C)C2NCNC(N)C21)CC[C@@]1(C)C2=CCCC(C)(C)[C@@H]2CC[C@@H]1C. The minimum atomic E-state index is 0.0698. The lowest BCUT2D eigenvalue weighted by Crippen LogP contribution is -3.17. The quantitative estimate of drug-likeness (QED) is 0.506. The summed E-state index contributed by atoms with van der Waals surface area (Å²) in [4.78, 5) is 4.00. The van der Waals surface area contributed by atoms with E-state index >= 15 is 0 Å². The molecular weight excluding hydrogens is 382 g/mol. The molecule has 0 aromatic carbocycles. The number of allylic oxidation sites excluding steroid dienone is 3. The van der Waals surface area contributed by atoms with E-state index in [1.54, 1.807) is 16.0 Å². The molecule has 0 radical (unpaired) electrons. The number of hydrogen-bond donors (Lipinski definition) is 4. The van der Waals surface area contributed by atoms with Crippen molar-refractivity contribution in [2.75, 3.05) is 26.9 Å². The average Bonchev–Trinajstić information content (AvgIpc) is 3.05. The van der Waals surface area contributed by atoms with Crippen LogP contribution < -0.4 is 21.3 Å². The summed E-state index contributed by atoms with van der Waals surface area (Å²) in [5.74, 6) is 1.58. The third-order valence-electron chi connectivity index (χ3n) is 9.63. The molecule has 5 N–H and O–H groups in total. The molecule has 0 amide bonds. The molecule has 2 saturated heterocycles. The second kappa shape index (κ2) is 8.90. The van der Waals surface area contributed by atoms with Crippen molar-refractivity contribution >= 4 is 0 Å². The molecule has 5 nitrogen and oxygen atoms in total. The Morgan fingerprint density at radius 1 is 1.29 bits per heavy atom. The molecule has 2 heterocycles. The second-order valence-corrected chi connectivity index (χ2v) is 12.0. The molecule has 0 bridgehead atoms.